The van der Waals surface area contributed by atoms with E-state index in [-0.39, 0.29) is 11.4 Å². The molecule has 1 aliphatic heterocycles. The first kappa shape index (κ1) is 23.2. The SMILES string of the molecule is C=CSc1sc(Cl)c(N2CCN(c3c(Cl)sc(SC=C)c3[N+](=O)[O-])CC2)c1[N+](=O)[O-]. The van der Waals surface area contributed by atoms with Crippen molar-refractivity contribution >= 4 is 92.1 Å². The van der Waals surface area contributed by atoms with E-state index < -0.39 is 9.85 Å². The number of piperazine rings is 1. The van der Waals surface area contributed by atoms with Crippen molar-refractivity contribution in [1.29, 1.82) is 0 Å². The Hall–Kier alpha value is -1.44. The third-order valence-corrected chi connectivity index (χ3v) is 8.78. The monoisotopic (exact) mass is 524 g/mol. The van der Waals surface area contributed by atoms with Gasteiger partial charge in [0.05, 0.1) is 9.85 Å². The molecule has 2 aromatic rings. The number of rotatable bonds is 8. The van der Waals surface area contributed by atoms with Gasteiger partial charge in [-0.15, -0.1) is 22.7 Å². The highest BCUT2D eigenvalue weighted by molar-refractivity contribution is 8.04. The Labute approximate surface area is 198 Å². The van der Waals surface area contributed by atoms with Crippen LogP contribution in [-0.4, -0.2) is 36.0 Å². The number of thioether (sulfide) groups is 2. The highest BCUT2D eigenvalue weighted by Gasteiger charge is 2.36. The molecule has 0 atom stereocenters. The lowest BCUT2D eigenvalue weighted by atomic mass is 10.2. The normalized spacial score (nSPS) is 14.1. The van der Waals surface area contributed by atoms with Gasteiger partial charge in [0.15, 0.2) is 0 Å². The van der Waals surface area contributed by atoms with Crippen LogP contribution >= 0.6 is 69.4 Å². The Morgan fingerprint density at radius 2 is 1.17 bits per heavy atom. The van der Waals surface area contributed by atoms with Crippen LogP contribution in [0.25, 0.3) is 0 Å². The molecule has 30 heavy (non-hydrogen) atoms. The predicted octanol–water partition coefficient (Wildman–Crippen LogP) is 6.73. The van der Waals surface area contributed by atoms with Crippen molar-refractivity contribution in [3.8, 4) is 0 Å². The summed E-state index contributed by atoms with van der Waals surface area (Å²) in [4.78, 5) is 26.1. The third-order valence-electron chi connectivity index (χ3n) is 4.23. The lowest BCUT2D eigenvalue weighted by Crippen LogP contribution is -2.46. The summed E-state index contributed by atoms with van der Waals surface area (Å²) in [5, 5.41) is 26.4. The number of anilines is 2. The van der Waals surface area contributed by atoms with Gasteiger partial charge in [-0.1, -0.05) is 59.9 Å². The van der Waals surface area contributed by atoms with Crippen molar-refractivity contribution in [2.75, 3.05) is 36.0 Å². The molecule has 0 aromatic carbocycles. The summed E-state index contributed by atoms with van der Waals surface area (Å²) < 4.78 is 1.62. The van der Waals surface area contributed by atoms with Gasteiger partial charge in [0, 0.05) is 26.2 Å². The van der Waals surface area contributed by atoms with Crippen LogP contribution in [0, 0.1) is 20.2 Å². The number of nitrogens with zero attached hydrogens (tertiary/aromatic N) is 4. The Bertz CT molecular complexity index is 937. The fourth-order valence-corrected chi connectivity index (χ4v) is 7.89. The van der Waals surface area contributed by atoms with Crippen LogP contribution in [0.1, 0.15) is 0 Å². The minimum atomic E-state index is -0.435. The summed E-state index contributed by atoms with van der Waals surface area (Å²) in [5.74, 6) is 0. The van der Waals surface area contributed by atoms with Crippen molar-refractivity contribution in [2.45, 2.75) is 8.42 Å². The number of nitro groups is 2. The molecule has 0 N–H and O–H groups in total. The van der Waals surface area contributed by atoms with E-state index in [1.165, 1.54) is 10.8 Å². The highest BCUT2D eigenvalue weighted by Crippen LogP contribution is 2.52. The first-order valence-corrected chi connectivity index (χ1v) is 12.4. The Morgan fingerprint density at radius 3 is 1.43 bits per heavy atom. The fourth-order valence-electron chi connectivity index (χ4n) is 3.07. The molecule has 2 aromatic heterocycles. The zero-order valence-electron chi connectivity index (χ0n) is 15.2. The Kier molecular flexibility index (Phi) is 7.58. The van der Waals surface area contributed by atoms with Gasteiger partial charge >= 0.3 is 11.4 Å². The molecule has 0 saturated carbocycles. The molecule has 0 spiro atoms. The molecule has 0 aliphatic carbocycles. The zero-order valence-corrected chi connectivity index (χ0v) is 20.0. The van der Waals surface area contributed by atoms with Gasteiger partial charge in [-0.25, -0.2) is 0 Å². The molecule has 3 heterocycles. The van der Waals surface area contributed by atoms with Crippen molar-refractivity contribution in [2.24, 2.45) is 0 Å². The minimum absolute atomic E-state index is 0.0347. The molecule has 14 heteroatoms. The van der Waals surface area contributed by atoms with Gasteiger partial charge in [0.1, 0.15) is 28.5 Å². The maximum absolute atomic E-state index is 11.7. The van der Waals surface area contributed by atoms with Crippen LogP contribution in [0.15, 0.2) is 32.4 Å². The van der Waals surface area contributed by atoms with Crippen molar-refractivity contribution in [1.82, 2.24) is 0 Å². The van der Waals surface area contributed by atoms with Gasteiger partial charge in [-0.3, -0.25) is 20.2 Å². The molecule has 0 amide bonds. The molecule has 3 rings (SSSR count). The summed E-state index contributed by atoms with van der Waals surface area (Å²) >= 11 is 17.3. The molecular formula is C16H14Cl2N4O4S4. The first-order chi connectivity index (χ1) is 14.3. The van der Waals surface area contributed by atoms with E-state index in [0.717, 1.165) is 46.2 Å². The predicted molar refractivity (Wildman–Crippen MR) is 129 cm³/mol. The van der Waals surface area contributed by atoms with Crippen molar-refractivity contribution in [3.63, 3.8) is 0 Å². The lowest BCUT2D eigenvalue weighted by Gasteiger charge is -2.36. The van der Waals surface area contributed by atoms with Gasteiger partial charge < -0.3 is 9.80 Å². The maximum atomic E-state index is 11.7. The van der Waals surface area contributed by atoms with E-state index >= 15 is 0 Å². The largest absolute Gasteiger partial charge is 0.360 e. The van der Waals surface area contributed by atoms with Crippen LogP contribution < -0.4 is 9.80 Å². The fraction of sp³-hybridized carbons (Fsp3) is 0.250. The van der Waals surface area contributed by atoms with Crippen LogP contribution in [0.5, 0.6) is 0 Å². The summed E-state index contributed by atoms with van der Waals surface area (Å²) in [6.07, 6.45) is 0. The average molecular weight is 525 g/mol. The summed E-state index contributed by atoms with van der Waals surface area (Å²) in [6, 6.07) is 0. The second-order valence-corrected chi connectivity index (χ2v) is 11.5. The second-order valence-electron chi connectivity index (χ2n) is 5.78. The average Bonchev–Trinajstić information content (AvgIpc) is 3.19. The molecule has 8 nitrogen and oxygen atoms in total. The van der Waals surface area contributed by atoms with Crippen LogP contribution in [-0.2, 0) is 0 Å². The second kappa shape index (κ2) is 9.79. The molecular weight excluding hydrogens is 511 g/mol. The Morgan fingerprint density at radius 1 is 0.833 bits per heavy atom. The van der Waals surface area contributed by atoms with Gasteiger partial charge in [-0.2, -0.15) is 0 Å². The van der Waals surface area contributed by atoms with Crippen LogP contribution in [0.2, 0.25) is 8.67 Å². The van der Waals surface area contributed by atoms with Gasteiger partial charge in [0.25, 0.3) is 0 Å². The van der Waals surface area contributed by atoms with E-state index in [1.807, 2.05) is 9.80 Å². The molecule has 1 aliphatic rings. The summed E-state index contributed by atoms with van der Waals surface area (Å²) in [7, 11) is 0. The minimum Gasteiger partial charge on any atom is -0.360 e. The lowest BCUT2D eigenvalue weighted by molar-refractivity contribution is -0.386. The molecule has 0 radical (unpaired) electrons. The number of hydrogen-bond donors (Lipinski definition) is 0. The van der Waals surface area contributed by atoms with E-state index in [2.05, 4.69) is 13.2 Å². The zero-order chi connectivity index (χ0) is 22.0. The quantitative estimate of drug-likeness (QED) is 0.213. The van der Waals surface area contributed by atoms with Gasteiger partial charge in [-0.05, 0) is 10.8 Å². The van der Waals surface area contributed by atoms with Crippen LogP contribution in [0.3, 0.4) is 0 Å². The standard InChI is InChI=1S/C16H14Cl2N4O4S4/c1-3-27-15-11(21(23)24)9(13(17)29-15)19-5-7-20(8-6-19)10-12(22(25)26)16(28-4-2)30-14(10)18/h3-4H,1-2,5-8H2. The number of thiophene rings is 2. The summed E-state index contributed by atoms with van der Waals surface area (Å²) in [5.41, 5.74) is 0.689. The maximum Gasteiger partial charge on any atom is 0.318 e. The van der Waals surface area contributed by atoms with Gasteiger partial charge in [0.2, 0.25) is 0 Å². The Balaban J connectivity index is 1.88. The highest BCUT2D eigenvalue weighted by atomic mass is 35.5. The topological polar surface area (TPSA) is 92.8 Å². The molecule has 0 unspecified atom stereocenters. The van der Waals surface area contributed by atoms with Crippen molar-refractivity contribution < 1.29 is 9.85 Å². The van der Waals surface area contributed by atoms with Crippen LogP contribution in [0.4, 0.5) is 22.7 Å². The van der Waals surface area contributed by atoms with E-state index in [9.17, 15) is 20.2 Å². The van der Waals surface area contributed by atoms with E-state index in [4.69, 9.17) is 23.2 Å². The molecule has 0 bridgehead atoms. The third kappa shape index (κ3) is 4.43. The van der Waals surface area contributed by atoms with E-state index in [1.54, 1.807) is 0 Å². The van der Waals surface area contributed by atoms with Crippen molar-refractivity contribution in [3.05, 3.63) is 52.9 Å². The number of hydrogen-bond acceptors (Lipinski definition) is 10. The summed E-state index contributed by atoms with van der Waals surface area (Å²) in [6.45, 7) is 8.83. The smallest absolute Gasteiger partial charge is 0.318 e. The molecule has 1 saturated heterocycles. The van der Waals surface area contributed by atoms with E-state index in [0.29, 0.717) is 54.6 Å². The molecule has 160 valence electrons. The number of halogens is 2. The molecule has 1 fully saturated rings. The first-order valence-electron chi connectivity index (χ1n) is 8.28.